The topological polar surface area (TPSA) is 108 Å². The molecule has 0 radical (unpaired) electrons. The Kier molecular flexibility index (Phi) is 7.78. The first-order chi connectivity index (χ1) is 14.9. The lowest BCUT2D eigenvalue weighted by atomic mass is 10.2. The van der Waals surface area contributed by atoms with E-state index in [0.717, 1.165) is 24.8 Å². The van der Waals surface area contributed by atoms with Gasteiger partial charge >= 0.3 is 0 Å². The molecule has 8 nitrogen and oxygen atoms in total. The van der Waals surface area contributed by atoms with Gasteiger partial charge in [-0.3, -0.25) is 9.59 Å². The van der Waals surface area contributed by atoms with Crippen LogP contribution >= 0.6 is 11.6 Å². The van der Waals surface area contributed by atoms with Gasteiger partial charge in [0, 0.05) is 23.7 Å². The zero-order chi connectivity index (χ0) is 22.3. The Morgan fingerprint density at radius 2 is 1.65 bits per heavy atom. The number of halogens is 1. The summed E-state index contributed by atoms with van der Waals surface area (Å²) in [5.41, 5.74) is 3.33. The molecule has 1 aliphatic heterocycles. The summed E-state index contributed by atoms with van der Waals surface area (Å²) in [6, 6.07) is 12.6. The third-order valence-corrected chi connectivity index (χ3v) is 6.92. The standard InChI is InChI=1S/C21H23ClN4O4S/c22-18-8-4-16(5-9-18)14-24-25-20(27)15-23-21(28)17-6-10-19(11-7-17)31(29,30)26-12-2-1-3-13-26/h4-11,14H,1-3,12-13,15H2,(H,23,28)(H,25,27)/b24-14+. The second kappa shape index (κ2) is 10.5. The van der Waals surface area contributed by atoms with Crippen LogP contribution in [0.3, 0.4) is 0 Å². The Hall–Kier alpha value is -2.75. The Balaban J connectivity index is 1.50. The molecule has 164 valence electrons. The number of carbonyl (C=O) groups is 2. The number of nitrogens with one attached hydrogen (secondary N) is 2. The van der Waals surface area contributed by atoms with Crippen LogP contribution in [0.1, 0.15) is 35.2 Å². The van der Waals surface area contributed by atoms with Crippen molar-refractivity contribution < 1.29 is 18.0 Å². The minimum absolute atomic E-state index is 0.153. The van der Waals surface area contributed by atoms with Crippen molar-refractivity contribution in [2.75, 3.05) is 19.6 Å². The van der Waals surface area contributed by atoms with E-state index in [1.807, 2.05) is 0 Å². The number of sulfonamides is 1. The van der Waals surface area contributed by atoms with E-state index in [4.69, 9.17) is 11.6 Å². The third-order valence-electron chi connectivity index (χ3n) is 4.75. The number of hydrogen-bond donors (Lipinski definition) is 2. The zero-order valence-electron chi connectivity index (χ0n) is 16.8. The zero-order valence-corrected chi connectivity index (χ0v) is 18.3. The number of nitrogens with zero attached hydrogens (tertiary/aromatic N) is 2. The Morgan fingerprint density at radius 1 is 1.00 bits per heavy atom. The maximum atomic E-state index is 12.7. The lowest BCUT2D eigenvalue weighted by molar-refractivity contribution is -0.120. The number of hydrazone groups is 1. The summed E-state index contributed by atoms with van der Waals surface area (Å²) >= 11 is 5.80. The van der Waals surface area contributed by atoms with E-state index in [-0.39, 0.29) is 17.0 Å². The van der Waals surface area contributed by atoms with E-state index in [2.05, 4.69) is 15.8 Å². The van der Waals surface area contributed by atoms with Gasteiger partial charge in [-0.15, -0.1) is 0 Å². The average molecular weight is 463 g/mol. The van der Waals surface area contributed by atoms with E-state index in [1.54, 1.807) is 24.3 Å². The molecule has 1 heterocycles. The van der Waals surface area contributed by atoms with E-state index in [9.17, 15) is 18.0 Å². The van der Waals surface area contributed by atoms with Crippen LogP contribution in [-0.4, -0.2) is 50.4 Å². The van der Waals surface area contributed by atoms with Crippen molar-refractivity contribution in [1.82, 2.24) is 15.0 Å². The Morgan fingerprint density at radius 3 is 2.29 bits per heavy atom. The molecule has 0 unspecified atom stereocenters. The highest BCUT2D eigenvalue weighted by Gasteiger charge is 2.25. The highest BCUT2D eigenvalue weighted by Crippen LogP contribution is 2.20. The van der Waals surface area contributed by atoms with Crippen LogP contribution in [0.2, 0.25) is 5.02 Å². The molecule has 0 atom stereocenters. The lowest BCUT2D eigenvalue weighted by Crippen LogP contribution is -2.36. The van der Waals surface area contributed by atoms with Crippen molar-refractivity contribution in [3.8, 4) is 0 Å². The van der Waals surface area contributed by atoms with Gasteiger partial charge in [-0.1, -0.05) is 30.2 Å². The van der Waals surface area contributed by atoms with Crippen LogP contribution in [0.5, 0.6) is 0 Å². The smallest absolute Gasteiger partial charge is 0.259 e. The molecule has 31 heavy (non-hydrogen) atoms. The molecule has 1 saturated heterocycles. The van der Waals surface area contributed by atoms with Crippen LogP contribution in [0.25, 0.3) is 0 Å². The molecule has 2 aromatic carbocycles. The molecule has 2 aromatic rings. The maximum Gasteiger partial charge on any atom is 0.259 e. The molecule has 2 amide bonds. The molecule has 1 fully saturated rings. The molecule has 0 spiro atoms. The molecule has 0 saturated carbocycles. The van der Waals surface area contributed by atoms with E-state index < -0.39 is 21.8 Å². The van der Waals surface area contributed by atoms with Gasteiger partial charge < -0.3 is 5.32 Å². The Labute approximate surface area is 186 Å². The molecular weight excluding hydrogens is 440 g/mol. The van der Waals surface area contributed by atoms with Crippen LogP contribution in [0.15, 0.2) is 58.5 Å². The first-order valence-corrected chi connectivity index (χ1v) is 11.6. The van der Waals surface area contributed by atoms with E-state index in [1.165, 1.54) is 34.8 Å². The fourth-order valence-electron chi connectivity index (χ4n) is 3.06. The summed E-state index contributed by atoms with van der Waals surface area (Å²) in [5.74, 6) is -0.985. The first kappa shape index (κ1) is 22.9. The van der Waals surface area contributed by atoms with Crippen molar-refractivity contribution in [3.63, 3.8) is 0 Å². The van der Waals surface area contributed by atoms with Crippen LogP contribution in [-0.2, 0) is 14.8 Å². The number of rotatable bonds is 7. The molecule has 2 N–H and O–H groups in total. The van der Waals surface area contributed by atoms with Gasteiger partial charge in [0.2, 0.25) is 10.0 Å². The van der Waals surface area contributed by atoms with Crippen LogP contribution in [0, 0.1) is 0 Å². The van der Waals surface area contributed by atoms with Crippen molar-refractivity contribution in [2.24, 2.45) is 5.10 Å². The summed E-state index contributed by atoms with van der Waals surface area (Å²) in [5, 5.41) is 6.89. The highest BCUT2D eigenvalue weighted by atomic mass is 35.5. The van der Waals surface area contributed by atoms with Gasteiger partial charge in [-0.2, -0.15) is 9.41 Å². The van der Waals surface area contributed by atoms with Crippen LogP contribution in [0.4, 0.5) is 0 Å². The van der Waals surface area contributed by atoms with E-state index in [0.29, 0.717) is 18.1 Å². The molecule has 0 aromatic heterocycles. The van der Waals surface area contributed by atoms with Crippen molar-refractivity contribution >= 4 is 39.7 Å². The molecule has 1 aliphatic rings. The summed E-state index contributed by atoms with van der Waals surface area (Å²) < 4.78 is 26.8. The van der Waals surface area contributed by atoms with Gasteiger partial charge in [-0.05, 0) is 54.8 Å². The van der Waals surface area contributed by atoms with Gasteiger partial charge in [0.25, 0.3) is 11.8 Å². The van der Waals surface area contributed by atoms with Crippen molar-refractivity contribution in [2.45, 2.75) is 24.2 Å². The molecule has 0 aliphatic carbocycles. The van der Waals surface area contributed by atoms with Crippen LogP contribution < -0.4 is 10.7 Å². The Bertz CT molecular complexity index is 1050. The summed E-state index contributed by atoms with van der Waals surface area (Å²) in [6.07, 6.45) is 4.19. The fourth-order valence-corrected chi connectivity index (χ4v) is 4.71. The minimum Gasteiger partial charge on any atom is -0.343 e. The first-order valence-electron chi connectivity index (χ1n) is 9.82. The van der Waals surface area contributed by atoms with Gasteiger partial charge in [0.15, 0.2) is 0 Å². The summed E-state index contributed by atoms with van der Waals surface area (Å²) in [4.78, 5) is 24.2. The summed E-state index contributed by atoms with van der Waals surface area (Å²) in [6.45, 7) is 0.755. The second-order valence-electron chi connectivity index (χ2n) is 7.02. The predicted octanol–water partition coefficient (Wildman–Crippen LogP) is 2.39. The number of carbonyl (C=O) groups excluding carboxylic acids is 2. The SMILES string of the molecule is O=C(CNC(=O)c1ccc(S(=O)(=O)N2CCCCC2)cc1)N/N=C/c1ccc(Cl)cc1. The highest BCUT2D eigenvalue weighted by molar-refractivity contribution is 7.89. The fraction of sp³-hybridized carbons (Fsp3) is 0.286. The molecule has 3 rings (SSSR count). The van der Waals surface area contributed by atoms with Gasteiger partial charge in [0.05, 0.1) is 17.7 Å². The quantitative estimate of drug-likeness (QED) is 0.486. The number of benzene rings is 2. The molecular formula is C21H23ClN4O4S. The minimum atomic E-state index is -3.55. The molecule has 0 bridgehead atoms. The van der Waals surface area contributed by atoms with Crippen molar-refractivity contribution in [3.05, 3.63) is 64.7 Å². The second-order valence-corrected chi connectivity index (χ2v) is 9.39. The monoisotopic (exact) mass is 462 g/mol. The number of piperidine rings is 1. The summed E-state index contributed by atoms with van der Waals surface area (Å²) in [7, 11) is -3.55. The number of hydrogen-bond acceptors (Lipinski definition) is 5. The lowest BCUT2D eigenvalue weighted by Gasteiger charge is -2.25. The maximum absolute atomic E-state index is 12.7. The largest absolute Gasteiger partial charge is 0.343 e. The third kappa shape index (κ3) is 6.36. The van der Waals surface area contributed by atoms with Gasteiger partial charge in [-0.25, -0.2) is 13.8 Å². The van der Waals surface area contributed by atoms with Gasteiger partial charge in [0.1, 0.15) is 0 Å². The normalized spacial score (nSPS) is 15.0. The number of amides is 2. The van der Waals surface area contributed by atoms with Crippen molar-refractivity contribution in [1.29, 1.82) is 0 Å². The molecule has 10 heteroatoms. The van der Waals surface area contributed by atoms with E-state index >= 15 is 0 Å². The predicted molar refractivity (Wildman–Crippen MR) is 119 cm³/mol. The average Bonchev–Trinajstić information content (AvgIpc) is 2.79.